The van der Waals surface area contributed by atoms with Gasteiger partial charge in [-0.3, -0.25) is 9.63 Å². The van der Waals surface area contributed by atoms with E-state index in [9.17, 15) is 25.2 Å². The van der Waals surface area contributed by atoms with Crippen molar-refractivity contribution in [2.45, 2.75) is 151 Å². The van der Waals surface area contributed by atoms with Crippen LogP contribution in [0.2, 0.25) is 5.02 Å². The van der Waals surface area contributed by atoms with E-state index in [1.165, 1.54) is 28.4 Å². The zero-order valence-electron chi connectivity index (χ0n) is 35.0. The number of hydroxylamine groups is 1. The fraction of sp³-hybridized carbons (Fsp3) is 0.816. The van der Waals surface area contributed by atoms with Crippen LogP contribution in [-0.4, -0.2) is 178 Å². The van der Waals surface area contributed by atoms with Crippen molar-refractivity contribution in [2.24, 2.45) is 0 Å². The smallest absolute Gasteiger partial charge is 0.229 e. The molecule has 0 bridgehead atoms. The first-order chi connectivity index (χ1) is 28.1. The van der Waals surface area contributed by atoms with Gasteiger partial charge in [-0.15, -0.1) is 0 Å². The van der Waals surface area contributed by atoms with Crippen molar-refractivity contribution >= 4 is 28.5 Å². The molecule has 4 aliphatic rings. The Kier molecular flexibility index (Phi) is 17.7. The molecule has 0 unspecified atom stereocenters. The highest BCUT2D eigenvalue weighted by molar-refractivity contribution is 8.14. The van der Waals surface area contributed by atoms with Crippen molar-refractivity contribution < 1.29 is 82.2 Å². The minimum absolute atomic E-state index is 0.000473. The van der Waals surface area contributed by atoms with E-state index in [2.05, 4.69) is 10.8 Å². The second kappa shape index (κ2) is 21.6. The van der Waals surface area contributed by atoms with Crippen LogP contribution in [0.4, 0.5) is 0 Å². The molecule has 6 N–H and O–H groups in total. The standard InChI is InChI=1S/C38H61ClN2O17S/c1-11-40-19-14-52-22(13-21(19)47-6)56-33-28(44)26(16(3)54-38(33)51-10)41-58-23-12-20(42)35(18(5)53-23)59-36(46)24-15(2)25(39)31(34(50-9)30(24)48-7)57-37-29(45)32(49-8)27(43)17(4)55-37/h16-23,26-29,32-33,35,37-38,40-45H,11-14H2,1-10H3/t16-,17+,18-,19+,20+,21+,22+,23+,26-,27+,28+,29-,32-,33-,35-,37+,38-/m1/s1. The highest BCUT2D eigenvalue weighted by atomic mass is 35.5. The largest absolute Gasteiger partial charge is 0.492 e. The molecule has 4 fully saturated rings. The Morgan fingerprint density at radius 2 is 1.51 bits per heavy atom. The first-order valence-corrected chi connectivity index (χ1v) is 20.9. The summed E-state index contributed by atoms with van der Waals surface area (Å²) in [6, 6.07) is -0.812. The molecular formula is C38H61ClN2O17S. The van der Waals surface area contributed by atoms with Gasteiger partial charge in [0, 0.05) is 34.2 Å². The van der Waals surface area contributed by atoms with E-state index in [0.717, 1.165) is 18.3 Å². The van der Waals surface area contributed by atoms with Crippen LogP contribution in [0, 0.1) is 6.92 Å². The molecule has 19 nitrogen and oxygen atoms in total. The van der Waals surface area contributed by atoms with Gasteiger partial charge >= 0.3 is 0 Å². The number of hydrogen-bond donors (Lipinski definition) is 6. The van der Waals surface area contributed by atoms with Crippen molar-refractivity contribution in [2.75, 3.05) is 48.7 Å². The number of benzene rings is 1. The molecule has 17 atom stereocenters. The molecule has 0 aromatic heterocycles. The van der Waals surface area contributed by atoms with Gasteiger partial charge in [-0.2, -0.15) is 5.48 Å². The van der Waals surface area contributed by atoms with Gasteiger partial charge in [-0.25, -0.2) is 0 Å². The summed E-state index contributed by atoms with van der Waals surface area (Å²) in [5.74, 6) is -0.105. The summed E-state index contributed by atoms with van der Waals surface area (Å²) in [6.45, 7) is 9.74. The van der Waals surface area contributed by atoms with E-state index in [-0.39, 0.29) is 52.0 Å². The number of likely N-dealkylation sites (N-methyl/N-ethyl adjacent to an activating group) is 1. The van der Waals surface area contributed by atoms with Crippen molar-refractivity contribution in [1.82, 2.24) is 10.8 Å². The van der Waals surface area contributed by atoms with Crippen LogP contribution in [-0.2, 0) is 42.7 Å². The third-order valence-corrected chi connectivity index (χ3v) is 13.0. The first kappa shape index (κ1) is 48.4. The number of ether oxygens (including phenoxy) is 11. The minimum atomic E-state index is -1.41. The summed E-state index contributed by atoms with van der Waals surface area (Å²) in [7, 11) is 7.11. The molecule has 4 heterocycles. The van der Waals surface area contributed by atoms with Crippen molar-refractivity contribution in [3.8, 4) is 17.2 Å². The lowest BCUT2D eigenvalue weighted by Crippen LogP contribution is -2.64. The number of carbonyl (C=O) groups excluding carboxylic acids is 1. The van der Waals surface area contributed by atoms with Crippen LogP contribution >= 0.6 is 23.4 Å². The summed E-state index contributed by atoms with van der Waals surface area (Å²) in [4.78, 5) is 20.0. The Hall–Kier alpha value is -1.67. The minimum Gasteiger partial charge on any atom is -0.492 e. The van der Waals surface area contributed by atoms with E-state index in [4.69, 9.17) is 68.5 Å². The molecule has 0 radical (unpaired) electrons. The topological polar surface area (TPSA) is 233 Å². The maximum atomic E-state index is 14.1. The van der Waals surface area contributed by atoms with Crippen LogP contribution in [0.25, 0.3) is 0 Å². The number of aliphatic hydroxyl groups is 4. The van der Waals surface area contributed by atoms with Gasteiger partial charge in [0.15, 0.2) is 30.4 Å². The Bertz CT molecular complexity index is 1520. The Morgan fingerprint density at radius 1 is 0.814 bits per heavy atom. The van der Waals surface area contributed by atoms with Crippen LogP contribution in [0.15, 0.2) is 0 Å². The van der Waals surface area contributed by atoms with Crippen molar-refractivity contribution in [3.63, 3.8) is 0 Å². The number of rotatable bonds is 16. The lowest BCUT2D eigenvalue weighted by Gasteiger charge is -2.45. The summed E-state index contributed by atoms with van der Waals surface area (Å²) < 4.78 is 63.8. The van der Waals surface area contributed by atoms with Gasteiger partial charge in [0.25, 0.3) is 0 Å². The lowest BCUT2D eigenvalue weighted by atomic mass is 9.97. The second-order valence-electron chi connectivity index (χ2n) is 14.9. The highest BCUT2D eigenvalue weighted by Gasteiger charge is 2.49. The quantitative estimate of drug-likeness (QED) is 0.127. The second-order valence-corrected chi connectivity index (χ2v) is 16.4. The zero-order valence-corrected chi connectivity index (χ0v) is 36.6. The molecular weight excluding hydrogens is 824 g/mol. The highest BCUT2D eigenvalue weighted by Crippen LogP contribution is 2.50. The fourth-order valence-electron chi connectivity index (χ4n) is 7.83. The lowest BCUT2D eigenvalue weighted by molar-refractivity contribution is -0.330. The molecule has 1 aromatic rings. The number of nitrogens with one attached hydrogen (secondary N) is 2. The van der Waals surface area contributed by atoms with Crippen LogP contribution in [0.1, 0.15) is 56.5 Å². The van der Waals surface area contributed by atoms with Gasteiger partial charge in [-0.1, -0.05) is 30.3 Å². The molecule has 4 aliphatic heterocycles. The predicted octanol–water partition coefficient (Wildman–Crippen LogP) is 1.03. The Morgan fingerprint density at radius 3 is 2.12 bits per heavy atom. The molecule has 59 heavy (non-hydrogen) atoms. The number of hydrogen-bond acceptors (Lipinski definition) is 20. The number of halogens is 1. The zero-order chi connectivity index (χ0) is 43.3. The summed E-state index contributed by atoms with van der Waals surface area (Å²) in [5, 5.41) is 46.2. The Labute approximate surface area is 353 Å². The van der Waals surface area contributed by atoms with E-state index in [1.54, 1.807) is 34.8 Å². The molecule has 1 aromatic carbocycles. The van der Waals surface area contributed by atoms with Crippen molar-refractivity contribution in [3.05, 3.63) is 16.1 Å². The van der Waals surface area contributed by atoms with Crippen LogP contribution < -0.4 is 25.0 Å². The average molecular weight is 885 g/mol. The monoisotopic (exact) mass is 884 g/mol. The summed E-state index contributed by atoms with van der Waals surface area (Å²) >= 11 is 7.64. The molecule has 338 valence electrons. The van der Waals surface area contributed by atoms with Crippen LogP contribution in [0.5, 0.6) is 17.2 Å². The SMILES string of the molecule is CCN[C@H]1CO[C@@H](O[C@H]2[C@H](OC)O[C@H](C)[C@@H](NO[C@H]3C[C@H](O)[C@H](SC(=O)c4c(C)c(Cl)c(O[C@@H]5O[C@@H](C)[C@H](O)[C@@H](OC)[C@H]5O)c(OC)c4OC)[C@@H](C)O3)[C@@H]2O)C[C@@H]1OC. The number of methoxy groups -OCH3 is 5. The molecule has 5 rings (SSSR count). The van der Waals surface area contributed by atoms with Gasteiger partial charge in [0.1, 0.15) is 30.5 Å². The van der Waals surface area contributed by atoms with Gasteiger partial charge in [0.2, 0.25) is 17.2 Å². The average Bonchev–Trinajstić information content (AvgIpc) is 3.21. The molecule has 0 spiro atoms. The predicted molar refractivity (Wildman–Crippen MR) is 211 cm³/mol. The molecule has 0 saturated carbocycles. The maximum Gasteiger partial charge on any atom is 0.229 e. The van der Waals surface area contributed by atoms with Crippen molar-refractivity contribution in [1.29, 1.82) is 0 Å². The number of aliphatic hydroxyl groups excluding tert-OH is 4. The Balaban J connectivity index is 1.23. The molecule has 21 heteroatoms. The molecule has 0 amide bonds. The number of carbonyl (C=O) groups is 1. The third kappa shape index (κ3) is 10.6. The van der Waals surface area contributed by atoms with Gasteiger partial charge in [-0.05, 0) is 39.8 Å². The van der Waals surface area contributed by atoms with E-state index in [0.29, 0.717) is 13.0 Å². The van der Waals surface area contributed by atoms with Gasteiger partial charge < -0.3 is 77.8 Å². The fourth-order valence-corrected chi connectivity index (χ4v) is 9.19. The van der Waals surface area contributed by atoms with E-state index < -0.39 is 96.5 Å². The first-order valence-electron chi connectivity index (χ1n) is 19.6. The van der Waals surface area contributed by atoms with Crippen LogP contribution in [0.3, 0.4) is 0 Å². The van der Waals surface area contributed by atoms with Gasteiger partial charge in [0.05, 0.1) is 79.3 Å². The summed E-state index contributed by atoms with van der Waals surface area (Å²) in [5.41, 5.74) is 3.20. The summed E-state index contributed by atoms with van der Waals surface area (Å²) in [6.07, 6.45) is -12.5. The number of thioether (sulfide) groups is 1. The normalized spacial score (nSPS) is 39.1. The molecule has 0 aliphatic carbocycles. The van der Waals surface area contributed by atoms with E-state index >= 15 is 0 Å². The molecule has 4 saturated heterocycles. The maximum absolute atomic E-state index is 14.1. The third-order valence-electron chi connectivity index (χ3n) is 11.1. The van der Waals surface area contributed by atoms with E-state index in [1.807, 2.05) is 6.92 Å².